The van der Waals surface area contributed by atoms with Crippen LogP contribution in [0.3, 0.4) is 0 Å². The zero-order valence-corrected chi connectivity index (χ0v) is 17.4. The predicted octanol–water partition coefficient (Wildman–Crippen LogP) is -3.52. The molecule has 1 saturated heterocycles. The van der Waals surface area contributed by atoms with Gasteiger partial charge in [0.15, 0.2) is 0 Å². The van der Waals surface area contributed by atoms with Crippen molar-refractivity contribution in [3.63, 3.8) is 0 Å². The number of carbonyl (C=O) groups excluding carboxylic acids is 4. The van der Waals surface area contributed by atoms with Crippen molar-refractivity contribution >= 4 is 35.6 Å². The van der Waals surface area contributed by atoms with Crippen molar-refractivity contribution < 1.29 is 44.1 Å². The highest BCUT2D eigenvalue weighted by Crippen LogP contribution is 2.20. The van der Waals surface area contributed by atoms with Gasteiger partial charge in [-0.15, -0.1) is 0 Å². The van der Waals surface area contributed by atoms with Crippen LogP contribution in [0.25, 0.3) is 0 Å². The highest BCUT2D eigenvalue weighted by Gasteiger charge is 2.39. The molecule has 14 nitrogen and oxygen atoms in total. The van der Waals surface area contributed by atoms with E-state index < -0.39 is 66.3 Å². The van der Waals surface area contributed by atoms with Crippen molar-refractivity contribution in [1.82, 2.24) is 15.5 Å². The number of primary amides is 1. The summed E-state index contributed by atoms with van der Waals surface area (Å²) in [5, 5.41) is 31.3. The van der Waals surface area contributed by atoms with Crippen LogP contribution in [0.2, 0.25) is 0 Å². The molecule has 0 bridgehead atoms. The summed E-state index contributed by atoms with van der Waals surface area (Å²) in [4.78, 5) is 71.9. The van der Waals surface area contributed by atoms with E-state index in [1.807, 2.05) is 0 Å². The second-order valence-electron chi connectivity index (χ2n) is 7.38. The Morgan fingerprint density at radius 1 is 1.00 bits per heavy atom. The van der Waals surface area contributed by atoms with E-state index in [2.05, 4.69) is 10.6 Å². The van der Waals surface area contributed by atoms with Gasteiger partial charge in [0.2, 0.25) is 23.6 Å². The predicted molar refractivity (Wildman–Crippen MR) is 107 cm³/mol. The quantitative estimate of drug-likeness (QED) is 0.143. The smallest absolute Gasteiger partial charge is 0.328 e. The third kappa shape index (κ3) is 8.11. The van der Waals surface area contributed by atoms with E-state index in [9.17, 15) is 28.8 Å². The van der Waals surface area contributed by atoms with Crippen LogP contribution in [0.4, 0.5) is 0 Å². The number of amides is 4. The molecular weight excluding hydrogens is 430 g/mol. The van der Waals surface area contributed by atoms with Gasteiger partial charge in [-0.3, -0.25) is 24.0 Å². The monoisotopic (exact) mass is 459 g/mol. The third-order valence-electron chi connectivity index (χ3n) is 4.94. The maximum atomic E-state index is 13.1. The Morgan fingerprint density at radius 2 is 1.66 bits per heavy atom. The van der Waals surface area contributed by atoms with E-state index >= 15 is 0 Å². The molecule has 32 heavy (non-hydrogen) atoms. The zero-order chi connectivity index (χ0) is 24.4. The summed E-state index contributed by atoms with van der Waals surface area (Å²) in [5.41, 5.74) is 10.8. The Morgan fingerprint density at radius 3 is 2.19 bits per heavy atom. The lowest BCUT2D eigenvalue weighted by molar-refractivity contribution is -0.145. The molecule has 4 atom stereocenters. The zero-order valence-electron chi connectivity index (χ0n) is 17.4. The summed E-state index contributed by atoms with van der Waals surface area (Å²) in [5.74, 6) is -5.61. The standard InChI is InChI=1S/C18H29N5O9/c19-9(3-6-14(26)27)15(28)21-10(4-5-13(20)25)17(30)23-7-1-2-12(23)16(29)22-11(8-24)18(31)32/h9-12,24H,1-8,19H2,(H2,20,25)(H,21,28)(H,22,29)(H,26,27)(H,31,32). The van der Waals surface area contributed by atoms with Crippen molar-refractivity contribution in [3.8, 4) is 0 Å². The molecule has 0 aromatic heterocycles. The van der Waals surface area contributed by atoms with Crippen molar-refractivity contribution in [3.05, 3.63) is 0 Å². The number of hydrogen-bond acceptors (Lipinski definition) is 8. The Balaban J connectivity index is 2.93. The fourth-order valence-corrected chi connectivity index (χ4v) is 3.19. The maximum Gasteiger partial charge on any atom is 0.328 e. The van der Waals surface area contributed by atoms with Gasteiger partial charge in [-0.2, -0.15) is 0 Å². The summed E-state index contributed by atoms with van der Waals surface area (Å²) in [6, 6.07) is -5.05. The summed E-state index contributed by atoms with van der Waals surface area (Å²) < 4.78 is 0. The van der Waals surface area contributed by atoms with Crippen LogP contribution >= 0.6 is 0 Å². The first-order chi connectivity index (χ1) is 15.0. The van der Waals surface area contributed by atoms with Crippen LogP contribution in [0.15, 0.2) is 0 Å². The van der Waals surface area contributed by atoms with Gasteiger partial charge in [-0.1, -0.05) is 0 Å². The Kier molecular flexibility index (Phi) is 10.5. The van der Waals surface area contributed by atoms with Gasteiger partial charge in [0.25, 0.3) is 0 Å². The molecule has 0 radical (unpaired) electrons. The van der Waals surface area contributed by atoms with Gasteiger partial charge < -0.3 is 42.3 Å². The number of carboxylic acids is 2. The van der Waals surface area contributed by atoms with E-state index in [0.29, 0.717) is 6.42 Å². The fourth-order valence-electron chi connectivity index (χ4n) is 3.19. The summed E-state index contributed by atoms with van der Waals surface area (Å²) in [6.45, 7) is -0.699. The van der Waals surface area contributed by atoms with Crippen molar-refractivity contribution in [2.75, 3.05) is 13.2 Å². The molecule has 9 N–H and O–H groups in total. The van der Waals surface area contributed by atoms with Gasteiger partial charge in [-0.05, 0) is 25.7 Å². The van der Waals surface area contributed by atoms with Crippen LogP contribution in [0.1, 0.15) is 38.5 Å². The number of aliphatic carboxylic acids is 2. The van der Waals surface area contributed by atoms with Gasteiger partial charge in [0.1, 0.15) is 18.1 Å². The summed E-state index contributed by atoms with van der Waals surface area (Å²) in [6.07, 6.45) is -0.315. The Bertz CT molecular complexity index is 744. The molecule has 0 spiro atoms. The number of aliphatic hydroxyl groups excluding tert-OH is 1. The van der Waals surface area contributed by atoms with E-state index in [4.69, 9.17) is 26.8 Å². The number of nitrogens with one attached hydrogen (secondary N) is 2. The fraction of sp³-hybridized carbons (Fsp3) is 0.667. The first-order valence-corrected chi connectivity index (χ1v) is 9.98. The number of aliphatic hydroxyl groups is 1. The lowest BCUT2D eigenvalue weighted by Gasteiger charge is -2.29. The molecule has 1 fully saturated rings. The minimum Gasteiger partial charge on any atom is -0.481 e. The van der Waals surface area contributed by atoms with E-state index in [0.717, 1.165) is 4.90 Å². The maximum absolute atomic E-state index is 13.1. The molecule has 0 aromatic carbocycles. The number of nitrogens with two attached hydrogens (primary N) is 2. The number of carbonyl (C=O) groups is 6. The molecule has 0 saturated carbocycles. The Labute approximate surface area is 183 Å². The first kappa shape index (κ1) is 26.8. The van der Waals surface area contributed by atoms with E-state index in [-0.39, 0.29) is 38.6 Å². The van der Waals surface area contributed by atoms with E-state index in [1.54, 1.807) is 0 Å². The molecule has 1 rings (SSSR count). The van der Waals surface area contributed by atoms with Gasteiger partial charge in [0, 0.05) is 19.4 Å². The van der Waals surface area contributed by atoms with Crippen LogP contribution < -0.4 is 22.1 Å². The number of hydrogen-bond donors (Lipinski definition) is 7. The molecule has 1 aliphatic heterocycles. The number of rotatable bonds is 13. The molecule has 0 aliphatic carbocycles. The number of carboxylic acid groups (broad SMARTS) is 2. The SMILES string of the molecule is NC(=O)CCC(NC(=O)C(N)CCC(=O)O)C(=O)N1CCCC1C(=O)NC(CO)C(=O)O. The number of nitrogens with zero attached hydrogens (tertiary/aromatic N) is 1. The molecule has 0 aromatic rings. The minimum atomic E-state index is -1.54. The summed E-state index contributed by atoms with van der Waals surface area (Å²) >= 11 is 0. The average Bonchev–Trinajstić information content (AvgIpc) is 3.21. The molecule has 14 heteroatoms. The molecule has 180 valence electrons. The van der Waals surface area contributed by atoms with Crippen LogP contribution in [0, 0.1) is 0 Å². The largest absolute Gasteiger partial charge is 0.481 e. The Hall–Kier alpha value is -3.26. The van der Waals surface area contributed by atoms with Gasteiger partial charge in [-0.25, -0.2) is 4.79 Å². The van der Waals surface area contributed by atoms with Crippen molar-refractivity contribution in [2.45, 2.75) is 62.7 Å². The van der Waals surface area contributed by atoms with Crippen LogP contribution in [-0.2, 0) is 28.8 Å². The highest BCUT2D eigenvalue weighted by atomic mass is 16.4. The van der Waals surface area contributed by atoms with Gasteiger partial charge >= 0.3 is 11.9 Å². The van der Waals surface area contributed by atoms with Crippen molar-refractivity contribution in [2.24, 2.45) is 11.5 Å². The average molecular weight is 459 g/mol. The lowest BCUT2D eigenvalue weighted by Crippen LogP contribution is -2.57. The highest BCUT2D eigenvalue weighted by molar-refractivity contribution is 5.94. The number of likely N-dealkylation sites (tertiary alicyclic amines) is 1. The first-order valence-electron chi connectivity index (χ1n) is 9.98. The minimum absolute atomic E-state index is 0.141. The molecular formula is C18H29N5O9. The topological polar surface area (TPSA) is 242 Å². The van der Waals surface area contributed by atoms with E-state index in [1.165, 1.54) is 0 Å². The second kappa shape index (κ2) is 12.6. The third-order valence-corrected chi connectivity index (χ3v) is 4.94. The molecule has 1 heterocycles. The van der Waals surface area contributed by atoms with Gasteiger partial charge in [0.05, 0.1) is 12.6 Å². The lowest BCUT2D eigenvalue weighted by atomic mass is 10.1. The molecule has 4 amide bonds. The van der Waals surface area contributed by atoms with Crippen LogP contribution in [-0.4, -0.2) is 93.1 Å². The summed E-state index contributed by atoms with van der Waals surface area (Å²) in [7, 11) is 0. The van der Waals surface area contributed by atoms with Crippen LogP contribution in [0.5, 0.6) is 0 Å². The van der Waals surface area contributed by atoms with Crippen molar-refractivity contribution in [1.29, 1.82) is 0 Å². The second-order valence-corrected chi connectivity index (χ2v) is 7.38. The normalized spacial score (nSPS) is 18.3. The molecule has 1 aliphatic rings. The molecule has 4 unspecified atom stereocenters.